The molecule has 0 heterocycles. The third kappa shape index (κ3) is 1.25. The third-order valence-electron chi connectivity index (χ3n) is 1.47. The molecule has 2 N–H and O–H groups in total. The van der Waals surface area contributed by atoms with Crippen molar-refractivity contribution >= 4 is 0 Å². The molecule has 1 atom stereocenters. The van der Waals surface area contributed by atoms with Crippen LogP contribution in [0.5, 0.6) is 0 Å². The summed E-state index contributed by atoms with van der Waals surface area (Å²) in [5.74, 6) is 0.781. The summed E-state index contributed by atoms with van der Waals surface area (Å²) in [7, 11) is 0. The average Bonchev–Trinajstić information content (AvgIpc) is 1.80. The predicted molar refractivity (Wildman–Crippen MR) is 35.2 cm³/mol. The van der Waals surface area contributed by atoms with Crippen molar-refractivity contribution in [2.75, 3.05) is 0 Å². The quantitative estimate of drug-likeness (QED) is 0.520. The maximum Gasteiger partial charge on any atom is 0.0956 e. The number of hydrogen-bond donors (Lipinski definition) is 2. The molecule has 0 bridgehead atoms. The van der Waals surface area contributed by atoms with Gasteiger partial charge in [0, 0.05) is 12.3 Å². The van der Waals surface area contributed by atoms with E-state index in [-0.39, 0.29) is 5.92 Å². The monoisotopic (exact) mass is 126 g/mol. The average molecular weight is 126 g/mol. The van der Waals surface area contributed by atoms with Gasteiger partial charge in [-0.05, 0) is 12.2 Å². The van der Waals surface area contributed by atoms with Crippen LogP contribution in [0.25, 0.3) is 0 Å². The first-order valence-corrected chi connectivity index (χ1v) is 2.99. The van der Waals surface area contributed by atoms with Crippen molar-refractivity contribution < 1.29 is 10.2 Å². The fraction of sp³-hybridized carbons (Fsp3) is 0.429. The first-order chi connectivity index (χ1) is 4.20. The molecule has 50 valence electrons. The fourth-order valence-electron chi connectivity index (χ4n) is 0.832. The van der Waals surface area contributed by atoms with E-state index >= 15 is 0 Å². The Bertz CT molecular complexity index is 168. The lowest BCUT2D eigenvalue weighted by Gasteiger charge is -2.12. The van der Waals surface area contributed by atoms with Crippen molar-refractivity contribution in [1.82, 2.24) is 0 Å². The van der Waals surface area contributed by atoms with Gasteiger partial charge in [0.05, 0.1) is 11.5 Å². The van der Waals surface area contributed by atoms with Gasteiger partial charge in [-0.15, -0.1) is 0 Å². The minimum absolute atomic E-state index is 0.0787. The van der Waals surface area contributed by atoms with Gasteiger partial charge in [0.2, 0.25) is 0 Å². The van der Waals surface area contributed by atoms with E-state index in [4.69, 9.17) is 10.2 Å². The molecular formula is C7H10O2. The van der Waals surface area contributed by atoms with Gasteiger partial charge in [-0.1, -0.05) is 6.92 Å². The molecule has 1 aliphatic carbocycles. The SMILES string of the molecule is CC1CC(O)=CC=C1O. The zero-order chi connectivity index (χ0) is 6.85. The number of allylic oxidation sites excluding steroid dienone is 4. The summed E-state index contributed by atoms with van der Waals surface area (Å²) in [5.41, 5.74) is 0. The van der Waals surface area contributed by atoms with E-state index in [0.29, 0.717) is 17.9 Å². The Morgan fingerprint density at radius 3 is 2.56 bits per heavy atom. The molecule has 0 aromatic heterocycles. The van der Waals surface area contributed by atoms with E-state index in [1.54, 1.807) is 0 Å². The van der Waals surface area contributed by atoms with Gasteiger partial charge in [-0.3, -0.25) is 0 Å². The number of hydrogen-bond acceptors (Lipinski definition) is 2. The van der Waals surface area contributed by atoms with E-state index in [9.17, 15) is 0 Å². The smallest absolute Gasteiger partial charge is 0.0956 e. The van der Waals surface area contributed by atoms with Crippen molar-refractivity contribution in [2.45, 2.75) is 13.3 Å². The highest BCUT2D eigenvalue weighted by atomic mass is 16.3. The molecule has 0 spiro atoms. The molecule has 0 aromatic carbocycles. The fourth-order valence-corrected chi connectivity index (χ4v) is 0.832. The van der Waals surface area contributed by atoms with E-state index < -0.39 is 0 Å². The van der Waals surface area contributed by atoms with Crippen LogP contribution in [0.15, 0.2) is 23.7 Å². The molecule has 2 nitrogen and oxygen atoms in total. The molecule has 0 amide bonds. The van der Waals surface area contributed by atoms with Crippen molar-refractivity contribution in [1.29, 1.82) is 0 Å². The molecular weight excluding hydrogens is 116 g/mol. The van der Waals surface area contributed by atoms with Crippen molar-refractivity contribution in [2.24, 2.45) is 5.92 Å². The Hall–Kier alpha value is -0.920. The zero-order valence-electron chi connectivity index (χ0n) is 5.33. The van der Waals surface area contributed by atoms with Crippen LogP contribution in [-0.4, -0.2) is 10.2 Å². The maximum atomic E-state index is 9.00. The second-order valence-electron chi connectivity index (χ2n) is 2.35. The Labute approximate surface area is 54.1 Å². The lowest BCUT2D eigenvalue weighted by atomic mass is 10.00. The molecule has 0 aromatic rings. The lowest BCUT2D eigenvalue weighted by molar-refractivity contribution is 0.297. The highest BCUT2D eigenvalue weighted by Crippen LogP contribution is 2.20. The van der Waals surface area contributed by atoms with E-state index in [2.05, 4.69) is 0 Å². The normalized spacial score (nSPS) is 27.0. The summed E-state index contributed by atoms with van der Waals surface area (Å²) in [4.78, 5) is 0. The molecule has 1 aliphatic rings. The highest BCUT2D eigenvalue weighted by Gasteiger charge is 2.12. The van der Waals surface area contributed by atoms with Crippen LogP contribution in [0.4, 0.5) is 0 Å². The maximum absolute atomic E-state index is 9.00. The van der Waals surface area contributed by atoms with Gasteiger partial charge in [0.25, 0.3) is 0 Å². The third-order valence-corrected chi connectivity index (χ3v) is 1.47. The molecule has 0 fully saturated rings. The first kappa shape index (κ1) is 6.20. The largest absolute Gasteiger partial charge is 0.512 e. The molecule has 9 heavy (non-hydrogen) atoms. The van der Waals surface area contributed by atoms with Gasteiger partial charge in [-0.2, -0.15) is 0 Å². The summed E-state index contributed by atoms with van der Waals surface area (Å²) in [5, 5.41) is 17.9. The standard InChI is InChI=1S/C7H10O2/c1-5-4-6(8)2-3-7(5)9/h2-3,5,8-9H,4H2,1H3. The highest BCUT2D eigenvalue weighted by molar-refractivity contribution is 5.17. The summed E-state index contributed by atoms with van der Waals surface area (Å²) in [6.07, 6.45) is 3.61. The molecule has 0 radical (unpaired) electrons. The van der Waals surface area contributed by atoms with Gasteiger partial charge in [0.1, 0.15) is 0 Å². The molecule has 0 saturated carbocycles. The minimum atomic E-state index is 0.0787. The van der Waals surface area contributed by atoms with Crippen LogP contribution in [0, 0.1) is 5.92 Å². The van der Waals surface area contributed by atoms with E-state index in [1.807, 2.05) is 6.92 Å². The van der Waals surface area contributed by atoms with Crippen LogP contribution in [-0.2, 0) is 0 Å². The van der Waals surface area contributed by atoms with Crippen molar-refractivity contribution in [3.05, 3.63) is 23.7 Å². The van der Waals surface area contributed by atoms with Crippen LogP contribution >= 0.6 is 0 Å². The van der Waals surface area contributed by atoms with Gasteiger partial charge in [-0.25, -0.2) is 0 Å². The number of aliphatic hydroxyl groups excluding tert-OH is 2. The van der Waals surface area contributed by atoms with Crippen LogP contribution < -0.4 is 0 Å². The number of rotatable bonds is 0. The Morgan fingerprint density at radius 2 is 2.11 bits per heavy atom. The molecule has 2 heteroatoms. The topological polar surface area (TPSA) is 40.5 Å². The first-order valence-electron chi connectivity index (χ1n) is 2.99. The van der Waals surface area contributed by atoms with E-state index in [1.165, 1.54) is 12.2 Å². The molecule has 0 saturated heterocycles. The van der Waals surface area contributed by atoms with Crippen LogP contribution in [0.3, 0.4) is 0 Å². The van der Waals surface area contributed by atoms with Crippen LogP contribution in [0.1, 0.15) is 13.3 Å². The van der Waals surface area contributed by atoms with Gasteiger partial charge in [0.15, 0.2) is 0 Å². The predicted octanol–water partition coefficient (Wildman–Crippen LogP) is 1.91. The summed E-state index contributed by atoms with van der Waals surface area (Å²) < 4.78 is 0. The lowest BCUT2D eigenvalue weighted by Crippen LogP contribution is -2.03. The van der Waals surface area contributed by atoms with Gasteiger partial charge >= 0.3 is 0 Å². The number of aliphatic hydroxyl groups is 2. The summed E-state index contributed by atoms with van der Waals surface area (Å²) in [6, 6.07) is 0. The Balaban J connectivity index is 2.74. The van der Waals surface area contributed by atoms with Gasteiger partial charge < -0.3 is 10.2 Å². The minimum Gasteiger partial charge on any atom is -0.512 e. The van der Waals surface area contributed by atoms with Crippen molar-refractivity contribution in [3.63, 3.8) is 0 Å². The Morgan fingerprint density at radius 1 is 1.44 bits per heavy atom. The zero-order valence-corrected chi connectivity index (χ0v) is 5.33. The van der Waals surface area contributed by atoms with Crippen molar-refractivity contribution in [3.8, 4) is 0 Å². The summed E-state index contributed by atoms with van der Waals surface area (Å²) >= 11 is 0. The Kier molecular flexibility index (Phi) is 1.47. The second kappa shape index (κ2) is 2.13. The molecule has 1 unspecified atom stereocenters. The summed E-state index contributed by atoms with van der Waals surface area (Å²) in [6.45, 7) is 1.87. The van der Waals surface area contributed by atoms with Crippen LogP contribution in [0.2, 0.25) is 0 Å². The van der Waals surface area contributed by atoms with E-state index in [0.717, 1.165) is 0 Å². The second-order valence-corrected chi connectivity index (χ2v) is 2.35. The molecule has 1 rings (SSSR count). The molecule has 0 aliphatic heterocycles.